The van der Waals surface area contributed by atoms with E-state index in [0.717, 1.165) is 17.1 Å². The van der Waals surface area contributed by atoms with Gasteiger partial charge in [0.15, 0.2) is 4.96 Å². The number of hydrogen-bond acceptors (Lipinski definition) is 7. The molecule has 3 heterocycles. The number of nitrogens with one attached hydrogen (secondary N) is 2. The number of carbonyl (C=O) groups is 2. The zero-order chi connectivity index (χ0) is 16.6. The van der Waals surface area contributed by atoms with E-state index in [4.69, 9.17) is 5.11 Å². The predicted octanol–water partition coefficient (Wildman–Crippen LogP) is -0.0620. The number of thioether (sulfide) groups is 1. The Morgan fingerprint density at radius 1 is 1.52 bits per heavy atom. The minimum absolute atomic E-state index is 0.101. The third-order valence-corrected chi connectivity index (χ3v) is 5.24. The summed E-state index contributed by atoms with van der Waals surface area (Å²) in [5.74, 6) is -1.88. The summed E-state index contributed by atoms with van der Waals surface area (Å²) in [6.07, 6.45) is 2.41. The fourth-order valence-electron chi connectivity index (χ4n) is 2.47. The summed E-state index contributed by atoms with van der Waals surface area (Å²) in [4.78, 5) is 41.7. The maximum atomic E-state index is 12.8. The van der Waals surface area contributed by atoms with Gasteiger partial charge in [0.1, 0.15) is 17.1 Å². The lowest BCUT2D eigenvalue weighted by atomic mass is 10.2. The third kappa shape index (κ3) is 2.84. The number of fused-ring (bicyclic) bond motifs is 3. The van der Waals surface area contributed by atoms with Gasteiger partial charge >= 0.3 is 5.97 Å². The maximum Gasteiger partial charge on any atom is 0.322 e. The quantitative estimate of drug-likeness (QED) is 0.521. The topological polar surface area (TPSA) is 113 Å². The fraction of sp³-hybridized carbons (Fsp3) is 0.385. The smallest absolute Gasteiger partial charge is 0.322 e. The van der Waals surface area contributed by atoms with Crippen LogP contribution in [-0.4, -0.2) is 45.7 Å². The van der Waals surface area contributed by atoms with Crippen molar-refractivity contribution in [3.63, 3.8) is 0 Å². The molecule has 3 rings (SSSR count). The van der Waals surface area contributed by atoms with Crippen LogP contribution in [0.3, 0.4) is 0 Å². The van der Waals surface area contributed by atoms with Crippen LogP contribution in [0.25, 0.3) is 4.96 Å². The molecule has 1 amide bonds. The Hall–Kier alpha value is -1.91. The number of aliphatic carboxylic acids is 1. The number of carbonyl (C=O) groups excluding carboxylic acids is 1. The van der Waals surface area contributed by atoms with Gasteiger partial charge in [-0.05, 0) is 6.26 Å². The normalized spacial score (nSPS) is 13.8. The molecule has 3 N–H and O–H groups in total. The van der Waals surface area contributed by atoms with Crippen molar-refractivity contribution in [2.45, 2.75) is 18.0 Å². The van der Waals surface area contributed by atoms with Gasteiger partial charge in [0.25, 0.3) is 11.5 Å². The third-order valence-electron chi connectivity index (χ3n) is 3.47. The molecule has 0 fully saturated rings. The second kappa shape index (κ2) is 6.30. The van der Waals surface area contributed by atoms with Crippen LogP contribution < -0.4 is 16.2 Å². The number of rotatable bonds is 4. The minimum Gasteiger partial charge on any atom is -0.480 e. The van der Waals surface area contributed by atoms with Gasteiger partial charge in [-0.25, -0.2) is 4.98 Å². The van der Waals surface area contributed by atoms with Crippen LogP contribution in [0.2, 0.25) is 0 Å². The predicted molar refractivity (Wildman–Crippen MR) is 86.5 cm³/mol. The monoisotopic (exact) mass is 354 g/mol. The molecule has 0 bridgehead atoms. The number of nitrogens with zero attached hydrogens (tertiary/aromatic N) is 2. The summed E-state index contributed by atoms with van der Waals surface area (Å²) in [6.45, 7) is 0.897. The molecule has 23 heavy (non-hydrogen) atoms. The molecule has 0 saturated carbocycles. The van der Waals surface area contributed by atoms with E-state index in [0.29, 0.717) is 23.0 Å². The molecule has 0 radical (unpaired) electrons. The van der Waals surface area contributed by atoms with Gasteiger partial charge in [0, 0.05) is 30.1 Å². The van der Waals surface area contributed by atoms with Crippen molar-refractivity contribution in [3.05, 3.63) is 26.5 Å². The highest BCUT2D eigenvalue weighted by atomic mass is 32.2. The van der Waals surface area contributed by atoms with E-state index in [1.54, 1.807) is 6.26 Å². The second-order valence-electron chi connectivity index (χ2n) is 4.89. The Morgan fingerprint density at radius 3 is 3.00 bits per heavy atom. The molecule has 0 atom stereocenters. The highest BCUT2D eigenvalue weighted by Crippen LogP contribution is 2.26. The Balaban J connectivity index is 2.16. The maximum absolute atomic E-state index is 12.8. The Bertz CT molecular complexity index is 858. The number of carboxylic acids is 1. The number of hydrogen-bond donors (Lipinski definition) is 3. The minimum atomic E-state index is -1.17. The van der Waals surface area contributed by atoms with Crippen LogP contribution in [0.4, 0.5) is 0 Å². The molecular formula is C13H14N4O4S2. The van der Waals surface area contributed by atoms with Crippen LogP contribution in [-0.2, 0) is 17.8 Å². The van der Waals surface area contributed by atoms with Crippen LogP contribution in [0.15, 0.2) is 9.82 Å². The van der Waals surface area contributed by atoms with E-state index < -0.39 is 24.0 Å². The first-order valence-electron chi connectivity index (χ1n) is 6.85. The highest BCUT2D eigenvalue weighted by Gasteiger charge is 2.24. The average Bonchev–Trinajstić information content (AvgIpc) is 2.90. The first-order chi connectivity index (χ1) is 11.0. The van der Waals surface area contributed by atoms with Crippen molar-refractivity contribution in [1.82, 2.24) is 20.0 Å². The Labute approximate surface area is 138 Å². The molecule has 8 nitrogen and oxygen atoms in total. The molecule has 2 aromatic rings. The molecule has 122 valence electrons. The summed E-state index contributed by atoms with van der Waals surface area (Å²) >= 11 is 2.62. The SMILES string of the molecule is CSc1nc2sc3c(n2c(=O)c1C(=O)NCC(=O)O)CCNC3. The summed E-state index contributed by atoms with van der Waals surface area (Å²) < 4.78 is 1.48. The summed E-state index contributed by atoms with van der Waals surface area (Å²) in [6, 6.07) is 0. The second-order valence-corrected chi connectivity index (χ2v) is 6.75. The van der Waals surface area contributed by atoms with Crippen LogP contribution >= 0.6 is 23.1 Å². The van der Waals surface area contributed by atoms with E-state index in [1.165, 1.54) is 27.5 Å². The summed E-state index contributed by atoms with van der Waals surface area (Å²) in [5, 5.41) is 14.5. The number of amides is 1. The molecule has 1 aliphatic rings. The molecule has 2 aromatic heterocycles. The molecule has 0 unspecified atom stereocenters. The van der Waals surface area contributed by atoms with Crippen molar-refractivity contribution in [1.29, 1.82) is 0 Å². The van der Waals surface area contributed by atoms with Crippen molar-refractivity contribution in [2.24, 2.45) is 0 Å². The molecule has 0 saturated heterocycles. The molecule has 10 heteroatoms. The van der Waals surface area contributed by atoms with Crippen molar-refractivity contribution < 1.29 is 14.7 Å². The number of thiazole rings is 1. The van der Waals surface area contributed by atoms with Gasteiger partial charge < -0.3 is 15.7 Å². The van der Waals surface area contributed by atoms with Gasteiger partial charge in [-0.1, -0.05) is 11.3 Å². The van der Waals surface area contributed by atoms with Crippen LogP contribution in [0.1, 0.15) is 20.9 Å². The molecule has 0 spiro atoms. The van der Waals surface area contributed by atoms with Gasteiger partial charge in [-0.2, -0.15) is 0 Å². The zero-order valence-corrected chi connectivity index (χ0v) is 13.8. The molecule has 0 aromatic carbocycles. The van der Waals surface area contributed by atoms with Crippen LogP contribution in [0, 0.1) is 0 Å². The Morgan fingerprint density at radius 2 is 2.30 bits per heavy atom. The largest absolute Gasteiger partial charge is 0.480 e. The van der Waals surface area contributed by atoms with Crippen molar-refractivity contribution in [3.8, 4) is 0 Å². The van der Waals surface area contributed by atoms with Gasteiger partial charge in [0.05, 0.1) is 0 Å². The van der Waals surface area contributed by atoms with Gasteiger partial charge in [0.2, 0.25) is 0 Å². The lowest BCUT2D eigenvalue weighted by Gasteiger charge is -2.12. The van der Waals surface area contributed by atoms with Gasteiger partial charge in [-0.3, -0.25) is 18.8 Å². The summed E-state index contributed by atoms with van der Waals surface area (Å²) in [5.41, 5.74) is 0.332. The first kappa shape index (κ1) is 16.0. The number of carboxylic acid groups (broad SMARTS) is 1. The molecule has 1 aliphatic heterocycles. The fourth-order valence-corrected chi connectivity index (χ4v) is 4.21. The number of aromatic nitrogens is 2. The first-order valence-corrected chi connectivity index (χ1v) is 8.89. The van der Waals surface area contributed by atoms with Crippen LogP contribution in [0.5, 0.6) is 0 Å². The van der Waals surface area contributed by atoms with Gasteiger partial charge in [-0.15, -0.1) is 11.8 Å². The zero-order valence-electron chi connectivity index (χ0n) is 12.2. The summed E-state index contributed by atoms with van der Waals surface area (Å²) in [7, 11) is 0. The van der Waals surface area contributed by atoms with Crippen molar-refractivity contribution in [2.75, 3.05) is 19.3 Å². The van der Waals surface area contributed by atoms with E-state index in [1.807, 2.05) is 0 Å². The highest BCUT2D eigenvalue weighted by molar-refractivity contribution is 7.98. The lowest BCUT2D eigenvalue weighted by Crippen LogP contribution is -2.36. The average molecular weight is 354 g/mol. The molecular weight excluding hydrogens is 340 g/mol. The van der Waals surface area contributed by atoms with E-state index >= 15 is 0 Å². The van der Waals surface area contributed by atoms with E-state index in [2.05, 4.69) is 15.6 Å². The van der Waals surface area contributed by atoms with Crippen molar-refractivity contribution >= 4 is 39.9 Å². The van der Waals surface area contributed by atoms with E-state index in [9.17, 15) is 14.4 Å². The van der Waals surface area contributed by atoms with E-state index in [-0.39, 0.29) is 5.56 Å². The Kier molecular flexibility index (Phi) is 4.37. The molecule has 0 aliphatic carbocycles. The lowest BCUT2D eigenvalue weighted by molar-refractivity contribution is -0.135. The standard InChI is InChI=1S/C13H14N4O4S2/c1-22-11-9(10(20)15-5-8(18)19)12(21)17-6-2-3-14-4-7(6)23-13(17)16-11/h14H,2-5H2,1H3,(H,15,20)(H,18,19).